The minimum atomic E-state index is 0.140. The van der Waals surface area contributed by atoms with E-state index in [1.807, 2.05) is 26.1 Å². The molecule has 3 nitrogen and oxygen atoms in total. The molecule has 0 aliphatic rings. The predicted molar refractivity (Wildman–Crippen MR) is 53.8 cm³/mol. The fourth-order valence-corrected chi connectivity index (χ4v) is 1.13. The van der Waals surface area contributed by atoms with E-state index in [1.165, 1.54) is 0 Å². The molecule has 0 saturated heterocycles. The largest absolute Gasteiger partial charge is 0.394 e. The molecule has 0 aliphatic carbocycles. The van der Waals surface area contributed by atoms with Gasteiger partial charge in [-0.3, -0.25) is 4.98 Å². The first-order valence-corrected chi connectivity index (χ1v) is 4.56. The molecule has 1 atom stereocenters. The number of aliphatic hydroxyl groups excluding tert-OH is 1. The Morgan fingerprint density at radius 2 is 2.38 bits per heavy atom. The number of pyridine rings is 1. The summed E-state index contributed by atoms with van der Waals surface area (Å²) in [5, 5.41) is 12.3. The number of rotatable bonds is 4. The molecule has 0 aromatic carbocycles. The number of anilines is 1. The maximum absolute atomic E-state index is 9.00. The molecule has 0 radical (unpaired) electrons. The van der Waals surface area contributed by atoms with Crippen LogP contribution in [0.25, 0.3) is 0 Å². The van der Waals surface area contributed by atoms with Gasteiger partial charge in [0.15, 0.2) is 0 Å². The van der Waals surface area contributed by atoms with Crippen LogP contribution in [0.1, 0.15) is 18.9 Å². The third-order valence-electron chi connectivity index (χ3n) is 2.09. The summed E-state index contributed by atoms with van der Waals surface area (Å²) in [6.07, 6.45) is 4.48. The Morgan fingerprint density at radius 3 is 2.92 bits per heavy atom. The Bertz CT molecular complexity index is 259. The van der Waals surface area contributed by atoms with E-state index < -0.39 is 0 Å². The Labute approximate surface area is 78.8 Å². The number of hydrogen-bond acceptors (Lipinski definition) is 3. The third-order valence-corrected chi connectivity index (χ3v) is 2.09. The first-order chi connectivity index (χ1) is 6.27. The van der Waals surface area contributed by atoms with Gasteiger partial charge in [0.05, 0.1) is 6.61 Å². The normalized spacial score (nSPS) is 12.5. The van der Waals surface area contributed by atoms with Crippen molar-refractivity contribution >= 4 is 5.69 Å². The van der Waals surface area contributed by atoms with E-state index in [2.05, 4.69) is 10.3 Å². The van der Waals surface area contributed by atoms with Crippen molar-refractivity contribution in [1.29, 1.82) is 0 Å². The standard InChI is InChI=1S/C10H16N2O/c1-3-9(7-13)12-10-4-5-11-6-8(10)2/h4-6,9,13H,3,7H2,1-2H3,(H,11,12)/t9-/m1/s1. The van der Waals surface area contributed by atoms with Crippen LogP contribution < -0.4 is 5.32 Å². The first-order valence-electron chi connectivity index (χ1n) is 4.56. The summed E-state index contributed by atoms with van der Waals surface area (Å²) in [6.45, 7) is 4.21. The van der Waals surface area contributed by atoms with Crippen molar-refractivity contribution < 1.29 is 5.11 Å². The monoisotopic (exact) mass is 180 g/mol. The van der Waals surface area contributed by atoms with Gasteiger partial charge in [0.2, 0.25) is 0 Å². The number of hydrogen-bond donors (Lipinski definition) is 2. The van der Waals surface area contributed by atoms with Crippen LogP contribution in [0, 0.1) is 6.92 Å². The number of aromatic nitrogens is 1. The molecule has 1 aromatic heterocycles. The Balaban J connectivity index is 2.67. The van der Waals surface area contributed by atoms with E-state index in [-0.39, 0.29) is 12.6 Å². The number of aliphatic hydroxyl groups is 1. The smallest absolute Gasteiger partial charge is 0.0632 e. The Hall–Kier alpha value is -1.09. The lowest BCUT2D eigenvalue weighted by atomic mass is 10.2. The van der Waals surface area contributed by atoms with Crippen molar-refractivity contribution in [2.75, 3.05) is 11.9 Å². The fraction of sp³-hybridized carbons (Fsp3) is 0.500. The maximum atomic E-state index is 9.00. The van der Waals surface area contributed by atoms with Crippen molar-refractivity contribution in [3.8, 4) is 0 Å². The molecule has 2 N–H and O–H groups in total. The number of nitrogens with one attached hydrogen (secondary N) is 1. The molecule has 0 amide bonds. The molecule has 1 aromatic rings. The van der Waals surface area contributed by atoms with Crippen LogP contribution in [0.15, 0.2) is 18.5 Å². The quantitative estimate of drug-likeness (QED) is 0.739. The zero-order valence-electron chi connectivity index (χ0n) is 8.12. The molecular weight excluding hydrogens is 164 g/mol. The van der Waals surface area contributed by atoms with E-state index in [0.717, 1.165) is 17.7 Å². The van der Waals surface area contributed by atoms with Gasteiger partial charge >= 0.3 is 0 Å². The van der Waals surface area contributed by atoms with Gasteiger partial charge < -0.3 is 10.4 Å². The van der Waals surface area contributed by atoms with Gasteiger partial charge in [0.25, 0.3) is 0 Å². The summed E-state index contributed by atoms with van der Waals surface area (Å²) in [5.74, 6) is 0. The predicted octanol–water partition coefficient (Wildman–Crippen LogP) is 1.57. The van der Waals surface area contributed by atoms with Gasteiger partial charge in [-0.15, -0.1) is 0 Å². The number of aryl methyl sites for hydroxylation is 1. The van der Waals surface area contributed by atoms with E-state index in [1.54, 1.807) is 6.20 Å². The lowest BCUT2D eigenvalue weighted by Crippen LogP contribution is -2.22. The van der Waals surface area contributed by atoms with Crippen molar-refractivity contribution in [2.24, 2.45) is 0 Å². The van der Waals surface area contributed by atoms with Gasteiger partial charge in [-0.2, -0.15) is 0 Å². The molecule has 1 rings (SSSR count). The molecule has 0 spiro atoms. The second kappa shape index (κ2) is 4.82. The zero-order chi connectivity index (χ0) is 9.68. The average Bonchev–Trinajstić information content (AvgIpc) is 2.17. The Kier molecular flexibility index (Phi) is 3.71. The summed E-state index contributed by atoms with van der Waals surface area (Å²) < 4.78 is 0. The molecule has 0 fully saturated rings. The van der Waals surface area contributed by atoms with Gasteiger partial charge in [-0.25, -0.2) is 0 Å². The highest BCUT2D eigenvalue weighted by molar-refractivity contribution is 5.49. The van der Waals surface area contributed by atoms with Crippen LogP contribution in [0.2, 0.25) is 0 Å². The van der Waals surface area contributed by atoms with Crippen molar-refractivity contribution in [2.45, 2.75) is 26.3 Å². The third kappa shape index (κ3) is 2.70. The molecule has 1 heterocycles. The summed E-state index contributed by atoms with van der Waals surface area (Å²) in [7, 11) is 0. The molecule has 3 heteroatoms. The summed E-state index contributed by atoms with van der Waals surface area (Å²) in [5.41, 5.74) is 2.16. The van der Waals surface area contributed by atoms with Crippen LogP contribution in [-0.2, 0) is 0 Å². The lowest BCUT2D eigenvalue weighted by Gasteiger charge is -2.16. The highest BCUT2D eigenvalue weighted by Gasteiger charge is 2.04. The van der Waals surface area contributed by atoms with Gasteiger partial charge in [-0.1, -0.05) is 6.92 Å². The molecule has 0 aliphatic heterocycles. The summed E-state index contributed by atoms with van der Waals surface area (Å²) in [6, 6.07) is 2.06. The van der Waals surface area contributed by atoms with Crippen LogP contribution in [0.5, 0.6) is 0 Å². The molecule has 13 heavy (non-hydrogen) atoms. The zero-order valence-corrected chi connectivity index (χ0v) is 8.12. The van der Waals surface area contributed by atoms with E-state index in [9.17, 15) is 0 Å². The second-order valence-electron chi connectivity index (χ2n) is 3.12. The van der Waals surface area contributed by atoms with Crippen molar-refractivity contribution in [3.63, 3.8) is 0 Å². The van der Waals surface area contributed by atoms with Gasteiger partial charge in [0.1, 0.15) is 0 Å². The lowest BCUT2D eigenvalue weighted by molar-refractivity contribution is 0.272. The van der Waals surface area contributed by atoms with Gasteiger partial charge in [0, 0.05) is 24.1 Å². The molecule has 72 valence electrons. The summed E-state index contributed by atoms with van der Waals surface area (Å²) in [4.78, 5) is 4.00. The number of nitrogens with zero attached hydrogens (tertiary/aromatic N) is 1. The van der Waals surface area contributed by atoms with Crippen LogP contribution >= 0.6 is 0 Å². The van der Waals surface area contributed by atoms with Gasteiger partial charge in [-0.05, 0) is 25.0 Å². The highest BCUT2D eigenvalue weighted by atomic mass is 16.3. The molecule has 0 saturated carbocycles. The molecular formula is C10H16N2O. The SMILES string of the molecule is CC[C@H](CO)Nc1ccncc1C. The van der Waals surface area contributed by atoms with Crippen LogP contribution in [-0.4, -0.2) is 22.7 Å². The topological polar surface area (TPSA) is 45.1 Å². The minimum absolute atomic E-state index is 0.140. The molecule has 0 unspecified atom stereocenters. The van der Waals surface area contributed by atoms with Crippen molar-refractivity contribution in [1.82, 2.24) is 4.98 Å². The Morgan fingerprint density at radius 1 is 1.62 bits per heavy atom. The van der Waals surface area contributed by atoms with E-state index in [4.69, 9.17) is 5.11 Å². The maximum Gasteiger partial charge on any atom is 0.0632 e. The van der Waals surface area contributed by atoms with E-state index in [0.29, 0.717) is 0 Å². The summed E-state index contributed by atoms with van der Waals surface area (Å²) >= 11 is 0. The minimum Gasteiger partial charge on any atom is -0.394 e. The van der Waals surface area contributed by atoms with Crippen LogP contribution in [0.4, 0.5) is 5.69 Å². The first kappa shape index (κ1) is 9.99. The van der Waals surface area contributed by atoms with Crippen molar-refractivity contribution in [3.05, 3.63) is 24.0 Å². The average molecular weight is 180 g/mol. The highest BCUT2D eigenvalue weighted by Crippen LogP contribution is 2.13. The van der Waals surface area contributed by atoms with Crippen LogP contribution in [0.3, 0.4) is 0 Å². The fourth-order valence-electron chi connectivity index (χ4n) is 1.13. The van der Waals surface area contributed by atoms with E-state index >= 15 is 0 Å². The second-order valence-corrected chi connectivity index (χ2v) is 3.12. The molecule has 0 bridgehead atoms.